The fraction of sp³-hybridized carbons (Fsp3) is 0. The lowest BCUT2D eigenvalue weighted by Crippen LogP contribution is -2.02. The van der Waals surface area contributed by atoms with Crippen LogP contribution in [0.25, 0.3) is 76.9 Å². The summed E-state index contributed by atoms with van der Waals surface area (Å²) in [5.41, 5.74) is 9.86. The van der Waals surface area contributed by atoms with Gasteiger partial charge in [0.15, 0.2) is 0 Å². The molecule has 0 amide bonds. The van der Waals surface area contributed by atoms with Crippen molar-refractivity contribution in [3.63, 3.8) is 0 Å². The first kappa shape index (κ1) is 30.6. The van der Waals surface area contributed by atoms with E-state index in [1.807, 2.05) is 0 Å². The van der Waals surface area contributed by atoms with Crippen LogP contribution in [0.15, 0.2) is 226 Å². The molecule has 0 N–H and O–H groups in total. The van der Waals surface area contributed by atoms with Crippen molar-refractivity contribution in [1.29, 1.82) is 0 Å². The largest absolute Gasteiger partial charge is 0.309 e. The van der Waals surface area contributed by atoms with Gasteiger partial charge in [0.25, 0.3) is 0 Å². The lowest BCUT2D eigenvalue weighted by molar-refractivity contribution is 1.16. The van der Waals surface area contributed by atoms with Crippen molar-refractivity contribution >= 4 is 64.4 Å². The summed E-state index contributed by atoms with van der Waals surface area (Å²) < 4.78 is 4.89. The van der Waals surface area contributed by atoms with E-state index in [0.29, 0.717) is 0 Å². The predicted molar refractivity (Wildman–Crippen MR) is 232 cm³/mol. The lowest BCUT2D eigenvalue weighted by Gasteiger charge is -2.39. The number of fused-ring (bicyclic) bond motifs is 11. The van der Waals surface area contributed by atoms with E-state index in [9.17, 15) is 0 Å². The average Bonchev–Trinajstić information content (AvgIpc) is 3.88. The van der Waals surface area contributed by atoms with Crippen LogP contribution in [0.3, 0.4) is 0 Å². The molecule has 0 fully saturated rings. The molecule has 2 aromatic heterocycles. The highest BCUT2D eigenvalue weighted by molar-refractivity contribution is 8.34. The molecule has 0 aliphatic carbocycles. The Morgan fingerprint density at radius 3 is 1.56 bits per heavy atom. The summed E-state index contributed by atoms with van der Waals surface area (Å²) in [4.78, 5) is 5.54. The van der Waals surface area contributed by atoms with Gasteiger partial charge in [-0.3, -0.25) is 0 Å². The molecule has 0 bridgehead atoms. The van der Waals surface area contributed by atoms with E-state index in [-0.39, 0.29) is 0 Å². The zero-order valence-corrected chi connectivity index (χ0v) is 30.7. The average molecular weight is 719 g/mol. The van der Waals surface area contributed by atoms with Gasteiger partial charge in [0, 0.05) is 52.5 Å². The van der Waals surface area contributed by atoms with Crippen molar-refractivity contribution in [3.8, 4) is 22.5 Å². The van der Waals surface area contributed by atoms with Crippen LogP contribution >= 0.6 is 10.0 Å². The summed E-state index contributed by atoms with van der Waals surface area (Å²) in [5.74, 6) is 0. The van der Waals surface area contributed by atoms with Crippen molar-refractivity contribution in [2.75, 3.05) is 0 Å². The summed E-state index contributed by atoms with van der Waals surface area (Å²) in [6, 6.07) is 76.7. The van der Waals surface area contributed by atoms with Crippen LogP contribution in [-0.2, 0) is 0 Å². The first-order valence-electron chi connectivity index (χ1n) is 18.9. The number of nitrogens with zero attached hydrogens (tertiary/aromatic N) is 2. The molecule has 1 aliphatic rings. The van der Waals surface area contributed by atoms with Crippen LogP contribution in [0, 0.1) is 0 Å². The fourth-order valence-corrected chi connectivity index (χ4v) is 13.7. The van der Waals surface area contributed by atoms with E-state index in [0.717, 1.165) is 5.69 Å². The minimum atomic E-state index is -1.70. The third-order valence-electron chi connectivity index (χ3n) is 11.7. The summed E-state index contributed by atoms with van der Waals surface area (Å²) in [7, 11) is -1.70. The van der Waals surface area contributed by atoms with Crippen molar-refractivity contribution in [1.82, 2.24) is 9.13 Å². The molecule has 3 heteroatoms. The smallest absolute Gasteiger partial charge is 0.0547 e. The first-order valence-corrected chi connectivity index (χ1v) is 20.6. The highest BCUT2D eigenvalue weighted by atomic mass is 32.3. The number of rotatable bonds is 4. The third kappa shape index (κ3) is 4.16. The fourth-order valence-electron chi connectivity index (χ4n) is 9.49. The molecule has 9 aromatic carbocycles. The van der Waals surface area contributed by atoms with Gasteiger partial charge in [-0.2, -0.15) is 0 Å². The summed E-state index contributed by atoms with van der Waals surface area (Å²) in [6.45, 7) is 0. The van der Waals surface area contributed by atoms with Gasteiger partial charge in [-0.25, -0.2) is 0 Å². The van der Waals surface area contributed by atoms with Gasteiger partial charge < -0.3 is 9.13 Å². The van der Waals surface area contributed by atoms with Gasteiger partial charge in [-0.05, 0) is 107 Å². The molecule has 12 rings (SSSR count). The quantitative estimate of drug-likeness (QED) is 0.171. The highest BCUT2D eigenvalue weighted by Crippen LogP contribution is 2.79. The SMILES string of the molecule is c1ccc(S2(c3ccc(-n4c5ccccc5c5cc(-n6c7ccccc7c7c8ccccc8ccc76)ccc54)cc3)c3ccccc3-c3ccccc32)cc1. The van der Waals surface area contributed by atoms with Gasteiger partial charge in [0.05, 0.1) is 22.1 Å². The van der Waals surface area contributed by atoms with Crippen molar-refractivity contribution < 1.29 is 0 Å². The summed E-state index contributed by atoms with van der Waals surface area (Å²) in [6.07, 6.45) is 0. The molecule has 258 valence electrons. The van der Waals surface area contributed by atoms with Crippen molar-refractivity contribution in [3.05, 3.63) is 206 Å². The Morgan fingerprint density at radius 2 is 0.818 bits per heavy atom. The van der Waals surface area contributed by atoms with Crippen LogP contribution in [-0.4, -0.2) is 9.13 Å². The molecule has 55 heavy (non-hydrogen) atoms. The molecule has 0 saturated carbocycles. The Labute approximate surface area is 320 Å². The van der Waals surface area contributed by atoms with Crippen molar-refractivity contribution in [2.24, 2.45) is 0 Å². The van der Waals surface area contributed by atoms with Gasteiger partial charge in [0.2, 0.25) is 0 Å². The molecule has 0 saturated heterocycles. The second kappa shape index (κ2) is 11.6. The highest BCUT2D eigenvalue weighted by Gasteiger charge is 2.41. The van der Waals surface area contributed by atoms with E-state index in [4.69, 9.17) is 0 Å². The van der Waals surface area contributed by atoms with Crippen LogP contribution in [0.1, 0.15) is 0 Å². The standard InChI is InChI=1S/C52H34N2S/c1-2-15-38(16-3-1)55(50-24-12-8-19-42(50)43-20-9-13-25-51(43)55)39-30-27-36(28-31-39)53-46-22-10-6-18-41(46)45-34-37(29-33-48(45)53)54-47-23-11-7-21-44(47)52-40-17-5-4-14-35(40)26-32-49(52)54/h1-34H. The zero-order chi connectivity index (χ0) is 36.1. The molecular weight excluding hydrogens is 685 g/mol. The molecule has 1 aliphatic heterocycles. The van der Waals surface area contributed by atoms with Crippen LogP contribution in [0.2, 0.25) is 0 Å². The Balaban J connectivity index is 1.06. The van der Waals surface area contributed by atoms with E-state index in [1.54, 1.807) is 0 Å². The van der Waals surface area contributed by atoms with E-state index < -0.39 is 10.0 Å². The lowest BCUT2D eigenvalue weighted by atomic mass is 10.0. The Morgan fingerprint density at radius 1 is 0.309 bits per heavy atom. The minimum Gasteiger partial charge on any atom is -0.309 e. The second-order valence-corrected chi connectivity index (χ2v) is 17.5. The molecule has 0 spiro atoms. The molecule has 0 unspecified atom stereocenters. The number of hydrogen-bond acceptors (Lipinski definition) is 0. The maximum atomic E-state index is 2.44. The molecule has 2 nitrogen and oxygen atoms in total. The number of para-hydroxylation sites is 2. The number of aromatic nitrogens is 2. The van der Waals surface area contributed by atoms with Crippen LogP contribution < -0.4 is 0 Å². The van der Waals surface area contributed by atoms with Gasteiger partial charge >= 0.3 is 0 Å². The Kier molecular flexibility index (Phi) is 6.46. The Hall–Kier alpha value is -6.81. The van der Waals surface area contributed by atoms with Gasteiger partial charge in [0.1, 0.15) is 0 Å². The molecule has 0 atom stereocenters. The first-order chi connectivity index (χ1) is 27.3. The van der Waals surface area contributed by atoms with Crippen LogP contribution in [0.4, 0.5) is 0 Å². The maximum Gasteiger partial charge on any atom is 0.0547 e. The monoisotopic (exact) mass is 718 g/mol. The van der Waals surface area contributed by atoms with Gasteiger partial charge in [-0.15, -0.1) is 10.0 Å². The van der Waals surface area contributed by atoms with Crippen LogP contribution in [0.5, 0.6) is 0 Å². The maximum absolute atomic E-state index is 2.44. The van der Waals surface area contributed by atoms with E-state index >= 15 is 0 Å². The normalized spacial score (nSPS) is 13.8. The third-order valence-corrected chi connectivity index (χ3v) is 15.7. The molecular formula is C52H34N2S. The zero-order valence-electron chi connectivity index (χ0n) is 29.9. The Bertz CT molecular complexity index is 3270. The van der Waals surface area contributed by atoms with E-state index in [1.165, 1.54) is 90.8 Å². The second-order valence-electron chi connectivity index (χ2n) is 14.5. The van der Waals surface area contributed by atoms with E-state index in [2.05, 4.69) is 215 Å². The summed E-state index contributed by atoms with van der Waals surface area (Å²) in [5, 5.41) is 7.63. The minimum absolute atomic E-state index is 1.16. The topological polar surface area (TPSA) is 9.86 Å². The molecule has 11 aromatic rings. The number of benzene rings is 9. The van der Waals surface area contributed by atoms with Gasteiger partial charge in [-0.1, -0.05) is 121 Å². The van der Waals surface area contributed by atoms with Crippen molar-refractivity contribution in [2.45, 2.75) is 19.6 Å². The predicted octanol–water partition coefficient (Wildman–Crippen LogP) is 14.4. The molecule has 0 radical (unpaired) electrons. The summed E-state index contributed by atoms with van der Waals surface area (Å²) >= 11 is 0. The number of hydrogen-bond donors (Lipinski definition) is 0. The molecule has 3 heterocycles.